The minimum atomic E-state index is -0.456. The lowest BCUT2D eigenvalue weighted by Gasteiger charge is -2.18. The summed E-state index contributed by atoms with van der Waals surface area (Å²) < 4.78 is 3.43. The van der Waals surface area contributed by atoms with Crippen LogP contribution in [0.3, 0.4) is 0 Å². The molecule has 11 heteroatoms. The van der Waals surface area contributed by atoms with Gasteiger partial charge in [0.25, 0.3) is 0 Å². The molecule has 0 aliphatic carbocycles. The van der Waals surface area contributed by atoms with Crippen LogP contribution >= 0.6 is 24.0 Å². The van der Waals surface area contributed by atoms with E-state index in [-0.39, 0.29) is 35.7 Å². The first kappa shape index (κ1) is 23.9. The molecule has 1 atom stereocenters. The van der Waals surface area contributed by atoms with Gasteiger partial charge >= 0.3 is 5.69 Å². The Labute approximate surface area is 182 Å². The summed E-state index contributed by atoms with van der Waals surface area (Å²) in [7, 11) is 1.95. The molecule has 0 aromatic carbocycles. The van der Waals surface area contributed by atoms with Gasteiger partial charge in [-0.3, -0.25) is 24.5 Å². The van der Waals surface area contributed by atoms with Crippen molar-refractivity contribution in [3.8, 4) is 0 Å². The predicted molar refractivity (Wildman–Crippen MR) is 119 cm³/mol. The van der Waals surface area contributed by atoms with Crippen LogP contribution in [0.1, 0.15) is 30.8 Å². The standard InChI is InChI=1S/C17H28N8O2.HI/c1-6-18-17(19-7-8-24-11-15(10-20-24)25(26)27)21-12(2)9-16-13(3)22-23(5)14(16)4;/h10-12H,6-9H2,1-5H3,(H2,18,19,21);1H. The molecular weight excluding hydrogens is 475 g/mol. The van der Waals surface area contributed by atoms with E-state index in [9.17, 15) is 10.1 Å². The summed E-state index contributed by atoms with van der Waals surface area (Å²) in [5.41, 5.74) is 3.45. The van der Waals surface area contributed by atoms with Crippen LogP contribution in [0, 0.1) is 24.0 Å². The average molecular weight is 504 g/mol. The van der Waals surface area contributed by atoms with Gasteiger partial charge in [-0.25, -0.2) is 0 Å². The third-order valence-electron chi connectivity index (χ3n) is 4.33. The number of aryl methyl sites for hydroxylation is 2. The number of nitrogens with zero attached hydrogens (tertiary/aromatic N) is 6. The van der Waals surface area contributed by atoms with E-state index < -0.39 is 4.92 Å². The highest BCUT2D eigenvalue weighted by molar-refractivity contribution is 14.0. The normalized spacial score (nSPS) is 12.4. The molecule has 0 saturated carbocycles. The molecule has 28 heavy (non-hydrogen) atoms. The van der Waals surface area contributed by atoms with Crippen molar-refractivity contribution < 1.29 is 4.92 Å². The Kier molecular flexibility index (Phi) is 9.35. The maximum absolute atomic E-state index is 10.7. The van der Waals surface area contributed by atoms with Crippen LogP contribution in [0.2, 0.25) is 0 Å². The van der Waals surface area contributed by atoms with E-state index >= 15 is 0 Å². The van der Waals surface area contributed by atoms with Crippen LogP contribution in [0.4, 0.5) is 5.69 Å². The van der Waals surface area contributed by atoms with Crippen LogP contribution in [-0.2, 0) is 20.0 Å². The Balaban J connectivity index is 0.00000392. The molecule has 1 unspecified atom stereocenters. The number of nitrogens with one attached hydrogen (secondary N) is 2. The van der Waals surface area contributed by atoms with E-state index in [1.165, 1.54) is 28.3 Å². The van der Waals surface area contributed by atoms with Crippen molar-refractivity contribution in [2.24, 2.45) is 12.0 Å². The second-order valence-corrected chi connectivity index (χ2v) is 6.50. The molecule has 2 rings (SSSR count). The molecule has 156 valence electrons. The highest BCUT2D eigenvalue weighted by Gasteiger charge is 2.14. The second-order valence-electron chi connectivity index (χ2n) is 6.50. The fraction of sp³-hybridized carbons (Fsp3) is 0.588. The predicted octanol–water partition coefficient (Wildman–Crippen LogP) is 1.95. The minimum absolute atomic E-state index is 0. The zero-order valence-corrected chi connectivity index (χ0v) is 19.3. The van der Waals surface area contributed by atoms with Crippen LogP contribution in [0.5, 0.6) is 0 Å². The molecule has 0 aliphatic heterocycles. The summed E-state index contributed by atoms with van der Waals surface area (Å²) in [6.07, 6.45) is 3.50. The largest absolute Gasteiger partial charge is 0.357 e. The molecule has 2 N–H and O–H groups in total. The van der Waals surface area contributed by atoms with Crippen LogP contribution in [0.15, 0.2) is 17.4 Å². The van der Waals surface area contributed by atoms with E-state index in [4.69, 9.17) is 0 Å². The Morgan fingerprint density at radius 3 is 2.68 bits per heavy atom. The monoisotopic (exact) mass is 504 g/mol. The number of aliphatic imine (C=N–C) groups is 1. The zero-order chi connectivity index (χ0) is 20.0. The van der Waals surface area contributed by atoms with Crippen LogP contribution < -0.4 is 10.6 Å². The second kappa shape index (κ2) is 11.0. The molecule has 0 bridgehead atoms. The lowest BCUT2D eigenvalue weighted by molar-refractivity contribution is -0.385. The summed E-state index contributed by atoms with van der Waals surface area (Å²) >= 11 is 0. The first-order valence-corrected chi connectivity index (χ1v) is 9.02. The summed E-state index contributed by atoms with van der Waals surface area (Å²) in [6.45, 7) is 9.90. The summed E-state index contributed by atoms with van der Waals surface area (Å²) in [5, 5.41) is 25.8. The highest BCUT2D eigenvalue weighted by atomic mass is 127. The van der Waals surface area contributed by atoms with E-state index in [1.54, 1.807) is 0 Å². The first-order valence-electron chi connectivity index (χ1n) is 9.02. The van der Waals surface area contributed by atoms with Crippen molar-refractivity contribution in [3.05, 3.63) is 39.5 Å². The van der Waals surface area contributed by atoms with Gasteiger partial charge in [0.05, 0.1) is 23.7 Å². The molecule has 2 heterocycles. The van der Waals surface area contributed by atoms with E-state index in [0.717, 1.165) is 18.7 Å². The molecule has 0 aliphatic rings. The molecule has 0 radical (unpaired) electrons. The smallest absolute Gasteiger partial charge is 0.306 e. The van der Waals surface area contributed by atoms with Gasteiger partial charge in [-0.15, -0.1) is 24.0 Å². The minimum Gasteiger partial charge on any atom is -0.357 e. The Morgan fingerprint density at radius 1 is 1.43 bits per heavy atom. The van der Waals surface area contributed by atoms with Gasteiger partial charge in [-0.1, -0.05) is 0 Å². The molecular formula is C17H29IN8O2. The maximum atomic E-state index is 10.7. The molecule has 2 aromatic heterocycles. The lowest BCUT2D eigenvalue weighted by atomic mass is 10.1. The molecule has 10 nitrogen and oxygen atoms in total. The quantitative estimate of drug-likeness (QED) is 0.187. The number of nitro groups is 1. The number of guanidine groups is 1. The van der Waals surface area contributed by atoms with E-state index in [2.05, 4.69) is 39.7 Å². The maximum Gasteiger partial charge on any atom is 0.306 e. The summed E-state index contributed by atoms with van der Waals surface area (Å²) in [4.78, 5) is 14.8. The molecule has 0 amide bonds. The van der Waals surface area contributed by atoms with Gasteiger partial charge in [0.2, 0.25) is 0 Å². The third-order valence-corrected chi connectivity index (χ3v) is 4.33. The van der Waals surface area contributed by atoms with Crippen LogP contribution in [0.25, 0.3) is 0 Å². The van der Waals surface area contributed by atoms with Crippen LogP contribution in [-0.4, -0.2) is 49.6 Å². The molecule has 0 saturated heterocycles. The van der Waals surface area contributed by atoms with Crippen molar-refractivity contribution in [1.82, 2.24) is 30.2 Å². The number of halogens is 1. The number of hydrogen-bond acceptors (Lipinski definition) is 5. The highest BCUT2D eigenvalue weighted by Crippen LogP contribution is 2.14. The summed E-state index contributed by atoms with van der Waals surface area (Å²) in [5.74, 6) is 0.714. The molecule has 0 fully saturated rings. The van der Waals surface area contributed by atoms with Crippen molar-refractivity contribution in [2.75, 3.05) is 13.1 Å². The zero-order valence-electron chi connectivity index (χ0n) is 17.0. The van der Waals surface area contributed by atoms with Gasteiger partial charge < -0.3 is 10.6 Å². The van der Waals surface area contributed by atoms with Crippen molar-refractivity contribution in [3.63, 3.8) is 0 Å². The van der Waals surface area contributed by atoms with Gasteiger partial charge in [-0.2, -0.15) is 10.2 Å². The van der Waals surface area contributed by atoms with Crippen molar-refractivity contribution in [2.45, 2.75) is 46.7 Å². The molecule has 2 aromatic rings. The fourth-order valence-electron chi connectivity index (χ4n) is 2.86. The van der Waals surface area contributed by atoms with Gasteiger partial charge in [0.15, 0.2) is 5.96 Å². The van der Waals surface area contributed by atoms with Gasteiger partial charge in [0, 0.05) is 25.3 Å². The van der Waals surface area contributed by atoms with E-state index in [1.807, 2.05) is 25.6 Å². The average Bonchev–Trinajstić information content (AvgIpc) is 3.16. The van der Waals surface area contributed by atoms with Crippen molar-refractivity contribution in [1.29, 1.82) is 0 Å². The Bertz CT molecular complexity index is 814. The van der Waals surface area contributed by atoms with Crippen molar-refractivity contribution >= 4 is 35.6 Å². The molecule has 0 spiro atoms. The topological polar surface area (TPSA) is 115 Å². The summed E-state index contributed by atoms with van der Waals surface area (Å²) in [6, 6.07) is 0.176. The Hall–Kier alpha value is -2.18. The fourth-order valence-corrected chi connectivity index (χ4v) is 2.86. The Morgan fingerprint density at radius 2 is 2.14 bits per heavy atom. The third kappa shape index (κ3) is 6.46. The van der Waals surface area contributed by atoms with Gasteiger partial charge in [0.1, 0.15) is 12.4 Å². The number of rotatable bonds is 8. The number of hydrogen-bond donors (Lipinski definition) is 2. The van der Waals surface area contributed by atoms with E-state index in [0.29, 0.717) is 19.0 Å². The first-order chi connectivity index (χ1) is 12.8. The lowest BCUT2D eigenvalue weighted by Crippen LogP contribution is -2.43. The van der Waals surface area contributed by atoms with Gasteiger partial charge in [-0.05, 0) is 39.7 Å². The SMILES string of the molecule is CCNC(=NCCn1cc([N+](=O)[O-])cn1)NC(C)Cc1c(C)nn(C)c1C.I. The number of aromatic nitrogens is 4.